The Balaban J connectivity index is 1.26. The summed E-state index contributed by atoms with van der Waals surface area (Å²) in [5, 5.41) is 3.90. The van der Waals surface area contributed by atoms with Crippen molar-refractivity contribution < 1.29 is 13.2 Å². The predicted molar refractivity (Wildman–Crippen MR) is 134 cm³/mol. The molecule has 5 rings (SSSR count). The summed E-state index contributed by atoms with van der Waals surface area (Å²) in [6, 6.07) is 15.8. The van der Waals surface area contributed by atoms with E-state index in [1.165, 1.54) is 11.6 Å². The van der Waals surface area contributed by atoms with Crippen molar-refractivity contribution in [2.45, 2.75) is 12.7 Å². The van der Waals surface area contributed by atoms with Crippen molar-refractivity contribution in [3.05, 3.63) is 84.4 Å². The number of rotatable bonds is 7. The third kappa shape index (κ3) is 5.63. The van der Waals surface area contributed by atoms with Gasteiger partial charge in [-0.2, -0.15) is 13.2 Å². The Morgan fingerprint density at radius 2 is 1.64 bits per heavy atom. The van der Waals surface area contributed by atoms with Crippen molar-refractivity contribution in [3.8, 4) is 11.1 Å². The zero-order valence-electron chi connectivity index (χ0n) is 19.7. The van der Waals surface area contributed by atoms with Crippen LogP contribution >= 0.6 is 0 Å². The molecule has 3 aromatic heterocycles. The molecular weight excluding hydrogens is 465 g/mol. The molecule has 6 nitrogen and oxygen atoms in total. The molecule has 1 N–H and O–H groups in total. The van der Waals surface area contributed by atoms with Crippen LogP contribution in [0, 0.1) is 0 Å². The van der Waals surface area contributed by atoms with Crippen LogP contribution in [0.2, 0.25) is 0 Å². The van der Waals surface area contributed by atoms with Crippen LogP contribution in [0.1, 0.15) is 11.3 Å². The van der Waals surface area contributed by atoms with Gasteiger partial charge in [0.05, 0.1) is 5.52 Å². The Kier molecular flexibility index (Phi) is 7.11. The molecule has 0 atom stereocenters. The predicted octanol–water partition coefficient (Wildman–Crippen LogP) is 4.94. The molecule has 0 aliphatic carbocycles. The van der Waals surface area contributed by atoms with Crippen molar-refractivity contribution >= 4 is 16.7 Å². The largest absolute Gasteiger partial charge is 0.433 e. The maximum Gasteiger partial charge on any atom is 0.433 e. The normalized spacial score (nSPS) is 15.3. The van der Waals surface area contributed by atoms with E-state index in [0.717, 1.165) is 50.9 Å². The van der Waals surface area contributed by atoms with Crippen LogP contribution in [0.25, 0.3) is 22.0 Å². The zero-order chi connectivity index (χ0) is 25.0. The lowest BCUT2D eigenvalue weighted by Gasteiger charge is -2.34. The number of fused-ring (bicyclic) bond motifs is 1. The minimum atomic E-state index is -4.52. The van der Waals surface area contributed by atoms with E-state index in [1.54, 1.807) is 12.4 Å². The third-order valence-electron chi connectivity index (χ3n) is 6.42. The quantitative estimate of drug-likeness (QED) is 0.395. The topological polar surface area (TPSA) is 57.2 Å². The number of alkyl halides is 3. The van der Waals surface area contributed by atoms with Gasteiger partial charge in [0.2, 0.25) is 0 Å². The molecular formula is C27H27F3N6. The van der Waals surface area contributed by atoms with Gasteiger partial charge >= 0.3 is 6.18 Å². The molecule has 36 heavy (non-hydrogen) atoms. The summed E-state index contributed by atoms with van der Waals surface area (Å²) in [4.78, 5) is 17.5. The van der Waals surface area contributed by atoms with Crippen molar-refractivity contribution in [1.29, 1.82) is 0 Å². The van der Waals surface area contributed by atoms with Crippen LogP contribution in [-0.2, 0) is 12.7 Å². The number of hydrogen-bond acceptors (Lipinski definition) is 6. The van der Waals surface area contributed by atoms with Gasteiger partial charge in [-0.15, -0.1) is 0 Å². The average molecular weight is 493 g/mol. The molecule has 1 saturated heterocycles. The summed E-state index contributed by atoms with van der Waals surface area (Å²) in [6.45, 7) is 6.22. The van der Waals surface area contributed by atoms with Gasteiger partial charge in [0, 0.05) is 75.4 Å². The highest BCUT2D eigenvalue weighted by atomic mass is 19.4. The number of nitrogens with zero attached hydrogens (tertiary/aromatic N) is 5. The second-order valence-electron chi connectivity index (χ2n) is 8.88. The number of aromatic nitrogens is 3. The number of benzene rings is 1. The Hall–Kier alpha value is -3.56. The molecule has 1 aliphatic rings. The number of hydrogen-bond donors (Lipinski definition) is 1. The highest BCUT2D eigenvalue weighted by Crippen LogP contribution is 2.34. The molecule has 186 valence electrons. The number of nitrogens with one attached hydrogen (secondary N) is 1. The molecule has 1 aliphatic heterocycles. The number of piperazine rings is 1. The summed E-state index contributed by atoms with van der Waals surface area (Å²) in [7, 11) is 0. The molecule has 0 saturated carbocycles. The maximum atomic E-state index is 13.4. The average Bonchev–Trinajstić information content (AvgIpc) is 2.90. The number of halogens is 3. The minimum Gasteiger partial charge on any atom is -0.368 e. The van der Waals surface area contributed by atoms with E-state index in [9.17, 15) is 13.2 Å². The van der Waals surface area contributed by atoms with Crippen LogP contribution in [0.4, 0.5) is 19.0 Å². The lowest BCUT2D eigenvalue weighted by Crippen LogP contribution is -2.47. The lowest BCUT2D eigenvalue weighted by molar-refractivity contribution is -0.140. The van der Waals surface area contributed by atoms with Crippen LogP contribution in [0.3, 0.4) is 0 Å². The minimum absolute atomic E-state index is 0.289. The Morgan fingerprint density at radius 1 is 0.861 bits per heavy atom. The second-order valence-corrected chi connectivity index (χ2v) is 8.88. The third-order valence-corrected chi connectivity index (χ3v) is 6.42. The first-order chi connectivity index (χ1) is 17.5. The highest BCUT2D eigenvalue weighted by molar-refractivity contribution is 5.99. The fourth-order valence-corrected chi connectivity index (χ4v) is 4.50. The number of anilines is 1. The first-order valence-electron chi connectivity index (χ1n) is 12.0. The van der Waals surface area contributed by atoms with Crippen molar-refractivity contribution in [1.82, 2.24) is 24.8 Å². The highest BCUT2D eigenvalue weighted by Gasteiger charge is 2.33. The van der Waals surface area contributed by atoms with Gasteiger partial charge in [-0.1, -0.05) is 36.4 Å². The summed E-state index contributed by atoms with van der Waals surface area (Å²) >= 11 is 0. The Morgan fingerprint density at radius 3 is 2.36 bits per heavy atom. The molecule has 1 aromatic carbocycles. The van der Waals surface area contributed by atoms with Gasteiger partial charge in [0.1, 0.15) is 11.5 Å². The molecule has 1 fully saturated rings. The van der Waals surface area contributed by atoms with Gasteiger partial charge in [0.25, 0.3) is 0 Å². The zero-order valence-corrected chi connectivity index (χ0v) is 19.7. The van der Waals surface area contributed by atoms with Crippen LogP contribution < -0.4 is 5.32 Å². The van der Waals surface area contributed by atoms with E-state index in [1.807, 2.05) is 42.6 Å². The first kappa shape index (κ1) is 24.1. The van der Waals surface area contributed by atoms with Gasteiger partial charge in [-0.25, -0.2) is 9.97 Å². The fourth-order valence-electron chi connectivity index (χ4n) is 4.50. The molecule has 0 unspecified atom stereocenters. The van der Waals surface area contributed by atoms with Crippen LogP contribution in [-0.4, -0.2) is 64.0 Å². The summed E-state index contributed by atoms with van der Waals surface area (Å²) in [6.07, 6.45) is 0.777. The van der Waals surface area contributed by atoms with Crippen LogP contribution in [0.15, 0.2) is 73.2 Å². The van der Waals surface area contributed by atoms with Crippen molar-refractivity contribution in [2.24, 2.45) is 0 Å². The standard InChI is InChI=1S/C27H27F3N6/c28-27(29,30)24-9-8-22-25(34-24)23(21-6-2-1-3-7-21)18-33-26(22)32-11-12-35-13-15-36(16-14-35)19-20-5-4-10-31-17-20/h1-10,17-18H,11-16,19H2,(H,32,33). The summed E-state index contributed by atoms with van der Waals surface area (Å²) < 4.78 is 40.2. The maximum absolute atomic E-state index is 13.4. The van der Waals surface area contributed by atoms with E-state index < -0.39 is 11.9 Å². The van der Waals surface area contributed by atoms with Gasteiger partial charge in [-0.3, -0.25) is 14.8 Å². The van der Waals surface area contributed by atoms with Crippen LogP contribution in [0.5, 0.6) is 0 Å². The van der Waals surface area contributed by atoms with Gasteiger partial charge < -0.3 is 5.32 Å². The Labute approximate surface area is 207 Å². The van der Waals surface area contributed by atoms with Crippen molar-refractivity contribution in [2.75, 3.05) is 44.6 Å². The monoisotopic (exact) mass is 492 g/mol. The molecule has 4 heterocycles. The Bertz CT molecular complexity index is 1290. The fraction of sp³-hybridized carbons (Fsp3) is 0.296. The molecule has 0 bridgehead atoms. The molecule has 4 aromatic rings. The van der Waals surface area contributed by atoms with Gasteiger partial charge in [-0.05, 0) is 29.3 Å². The summed E-state index contributed by atoms with van der Waals surface area (Å²) in [5.41, 5.74) is 1.95. The molecule has 0 radical (unpaired) electrons. The van der Waals surface area contributed by atoms with E-state index in [4.69, 9.17) is 0 Å². The van der Waals surface area contributed by atoms with E-state index in [2.05, 4.69) is 36.1 Å². The van der Waals surface area contributed by atoms with E-state index >= 15 is 0 Å². The summed E-state index contributed by atoms with van der Waals surface area (Å²) in [5.74, 6) is 0.543. The lowest BCUT2D eigenvalue weighted by atomic mass is 10.0. The number of pyridine rings is 3. The molecule has 0 amide bonds. The van der Waals surface area contributed by atoms with Gasteiger partial charge in [0.15, 0.2) is 0 Å². The van der Waals surface area contributed by atoms with E-state index in [0.29, 0.717) is 23.3 Å². The smallest absolute Gasteiger partial charge is 0.368 e. The second kappa shape index (κ2) is 10.6. The first-order valence-corrected chi connectivity index (χ1v) is 12.0. The SMILES string of the molecule is FC(F)(F)c1ccc2c(NCCN3CCN(Cc4cccnc4)CC3)ncc(-c3ccccc3)c2n1. The molecule has 9 heteroatoms. The van der Waals surface area contributed by atoms with Crippen molar-refractivity contribution in [3.63, 3.8) is 0 Å². The van der Waals surface area contributed by atoms with E-state index in [-0.39, 0.29) is 5.52 Å². The molecule has 0 spiro atoms.